The van der Waals surface area contributed by atoms with Gasteiger partial charge < -0.3 is 10.4 Å². The number of aliphatic carboxylic acids is 1. The van der Waals surface area contributed by atoms with E-state index in [2.05, 4.69) is 47.2 Å². The molecule has 182 valence electrons. The SMILES string of the molecule is O=C(O)CN1CCC(CC2CC(c3ccc(C=NC4=C5C=CCCC5CCN4)cc3)NO2)CC1. The second kappa shape index (κ2) is 10.8. The first kappa shape index (κ1) is 23.3. The van der Waals surface area contributed by atoms with Crippen LogP contribution in [0.25, 0.3) is 0 Å². The zero-order chi connectivity index (χ0) is 23.3. The fourth-order valence-electron chi connectivity index (χ4n) is 5.74. The number of fused-ring (bicyclic) bond motifs is 1. The van der Waals surface area contributed by atoms with E-state index >= 15 is 0 Å². The zero-order valence-corrected chi connectivity index (χ0v) is 19.8. The molecule has 7 heteroatoms. The van der Waals surface area contributed by atoms with Gasteiger partial charge in [0.25, 0.3) is 0 Å². The van der Waals surface area contributed by atoms with E-state index in [0.717, 1.165) is 56.7 Å². The van der Waals surface area contributed by atoms with Crippen LogP contribution in [-0.2, 0) is 9.63 Å². The Hall–Kier alpha value is -2.48. The Morgan fingerprint density at radius 3 is 2.79 bits per heavy atom. The van der Waals surface area contributed by atoms with Crippen molar-refractivity contribution in [3.8, 4) is 0 Å². The first-order valence-electron chi connectivity index (χ1n) is 12.8. The quantitative estimate of drug-likeness (QED) is 0.532. The van der Waals surface area contributed by atoms with Crippen LogP contribution in [-0.4, -0.2) is 54.5 Å². The third-order valence-electron chi connectivity index (χ3n) is 7.70. The van der Waals surface area contributed by atoms with Crippen molar-refractivity contribution in [3.05, 3.63) is 58.9 Å². The van der Waals surface area contributed by atoms with E-state index in [-0.39, 0.29) is 18.7 Å². The molecular weight excluding hydrogens is 428 g/mol. The number of carboxylic acids is 1. The van der Waals surface area contributed by atoms with Crippen LogP contribution in [0.5, 0.6) is 0 Å². The number of piperidine rings is 1. The molecule has 3 atom stereocenters. The highest BCUT2D eigenvalue weighted by molar-refractivity contribution is 5.80. The second-order valence-electron chi connectivity index (χ2n) is 10.1. The number of benzene rings is 1. The van der Waals surface area contributed by atoms with E-state index in [1.54, 1.807) is 0 Å². The second-order valence-corrected chi connectivity index (χ2v) is 10.1. The van der Waals surface area contributed by atoms with Crippen molar-refractivity contribution in [3.63, 3.8) is 0 Å². The Labute approximate surface area is 201 Å². The Bertz CT molecular complexity index is 947. The van der Waals surface area contributed by atoms with Crippen molar-refractivity contribution in [1.82, 2.24) is 15.7 Å². The van der Waals surface area contributed by atoms with E-state index in [0.29, 0.717) is 11.8 Å². The van der Waals surface area contributed by atoms with Crippen molar-refractivity contribution >= 4 is 12.2 Å². The summed E-state index contributed by atoms with van der Waals surface area (Å²) in [5, 5.41) is 12.4. The summed E-state index contributed by atoms with van der Waals surface area (Å²) in [6.07, 6.45) is 14.4. The predicted octanol–water partition coefficient (Wildman–Crippen LogP) is 3.80. The van der Waals surface area contributed by atoms with E-state index in [1.165, 1.54) is 30.4 Å². The maximum absolute atomic E-state index is 10.9. The Morgan fingerprint density at radius 1 is 1.18 bits per heavy atom. The summed E-state index contributed by atoms with van der Waals surface area (Å²) in [4.78, 5) is 23.6. The van der Waals surface area contributed by atoms with Gasteiger partial charge in [0.1, 0.15) is 5.82 Å². The van der Waals surface area contributed by atoms with Gasteiger partial charge in [-0.25, -0.2) is 4.99 Å². The van der Waals surface area contributed by atoms with Gasteiger partial charge in [0.2, 0.25) is 0 Å². The van der Waals surface area contributed by atoms with Crippen LogP contribution in [0.3, 0.4) is 0 Å². The number of nitrogens with one attached hydrogen (secondary N) is 2. The number of nitrogens with zero attached hydrogens (tertiary/aromatic N) is 2. The highest BCUT2D eigenvalue weighted by Gasteiger charge is 2.30. The average molecular weight is 465 g/mol. The lowest BCUT2D eigenvalue weighted by atomic mass is 9.85. The molecule has 0 radical (unpaired) electrons. The lowest BCUT2D eigenvalue weighted by Gasteiger charge is -2.31. The molecular formula is C27H36N4O3. The van der Waals surface area contributed by atoms with Gasteiger partial charge >= 0.3 is 5.97 Å². The molecule has 4 aliphatic rings. The molecule has 3 heterocycles. The molecule has 1 aromatic carbocycles. The minimum Gasteiger partial charge on any atom is -0.480 e. The van der Waals surface area contributed by atoms with Crippen LogP contribution >= 0.6 is 0 Å². The summed E-state index contributed by atoms with van der Waals surface area (Å²) in [7, 11) is 0. The molecule has 2 fully saturated rings. The van der Waals surface area contributed by atoms with Crippen LogP contribution < -0.4 is 10.8 Å². The molecule has 3 unspecified atom stereocenters. The van der Waals surface area contributed by atoms with Crippen molar-refractivity contribution in [2.24, 2.45) is 16.8 Å². The van der Waals surface area contributed by atoms with Gasteiger partial charge in [-0.3, -0.25) is 14.5 Å². The maximum atomic E-state index is 10.9. The smallest absolute Gasteiger partial charge is 0.317 e. The minimum absolute atomic E-state index is 0.157. The molecule has 0 saturated carbocycles. The van der Waals surface area contributed by atoms with Gasteiger partial charge in [-0.15, -0.1) is 0 Å². The number of allylic oxidation sites excluding steroid dienone is 3. The highest BCUT2D eigenvalue weighted by Crippen LogP contribution is 2.33. The lowest BCUT2D eigenvalue weighted by Crippen LogP contribution is -2.38. The van der Waals surface area contributed by atoms with Crippen LogP contribution in [0.1, 0.15) is 62.1 Å². The molecule has 1 aromatic rings. The third-order valence-corrected chi connectivity index (χ3v) is 7.70. The van der Waals surface area contributed by atoms with Gasteiger partial charge in [0, 0.05) is 12.8 Å². The molecule has 7 nitrogen and oxygen atoms in total. The zero-order valence-electron chi connectivity index (χ0n) is 19.8. The van der Waals surface area contributed by atoms with Crippen molar-refractivity contribution < 1.29 is 14.7 Å². The van der Waals surface area contributed by atoms with E-state index in [9.17, 15) is 4.79 Å². The number of hydrogen-bond donors (Lipinski definition) is 3. The van der Waals surface area contributed by atoms with Gasteiger partial charge in [0.15, 0.2) is 0 Å². The van der Waals surface area contributed by atoms with E-state index in [4.69, 9.17) is 14.9 Å². The molecule has 3 N–H and O–H groups in total. The first-order valence-corrected chi connectivity index (χ1v) is 12.8. The summed E-state index contributed by atoms with van der Waals surface area (Å²) in [6, 6.07) is 8.82. The molecule has 3 aliphatic heterocycles. The van der Waals surface area contributed by atoms with Gasteiger partial charge in [0.05, 0.1) is 18.7 Å². The Balaban J connectivity index is 1.12. The number of carboxylic acid groups (broad SMARTS) is 1. The van der Waals surface area contributed by atoms with E-state index in [1.807, 2.05) is 11.1 Å². The van der Waals surface area contributed by atoms with Crippen molar-refractivity contribution in [1.29, 1.82) is 0 Å². The van der Waals surface area contributed by atoms with Crippen LogP contribution in [0.15, 0.2) is 52.8 Å². The average Bonchev–Trinajstić information content (AvgIpc) is 3.32. The molecule has 0 amide bonds. The fourth-order valence-corrected chi connectivity index (χ4v) is 5.74. The molecule has 2 saturated heterocycles. The lowest BCUT2D eigenvalue weighted by molar-refractivity contribution is -0.138. The predicted molar refractivity (Wildman–Crippen MR) is 132 cm³/mol. The molecule has 1 aliphatic carbocycles. The number of likely N-dealkylation sites (tertiary alicyclic amines) is 1. The van der Waals surface area contributed by atoms with Crippen molar-refractivity contribution in [2.75, 3.05) is 26.2 Å². The number of hydrogen-bond acceptors (Lipinski definition) is 6. The minimum atomic E-state index is -0.736. The largest absolute Gasteiger partial charge is 0.480 e. The highest BCUT2D eigenvalue weighted by atomic mass is 16.7. The number of carbonyl (C=O) groups is 1. The molecule has 0 spiro atoms. The van der Waals surface area contributed by atoms with Crippen LogP contribution in [0.2, 0.25) is 0 Å². The van der Waals surface area contributed by atoms with Gasteiger partial charge in [-0.1, -0.05) is 36.4 Å². The molecule has 0 bridgehead atoms. The van der Waals surface area contributed by atoms with Crippen molar-refractivity contribution in [2.45, 2.75) is 57.1 Å². The molecule has 5 rings (SSSR count). The molecule has 0 aromatic heterocycles. The summed E-state index contributed by atoms with van der Waals surface area (Å²) >= 11 is 0. The van der Waals surface area contributed by atoms with Gasteiger partial charge in [-0.2, -0.15) is 5.48 Å². The number of rotatable bonds is 7. The summed E-state index contributed by atoms with van der Waals surface area (Å²) in [6.45, 7) is 2.90. The van der Waals surface area contributed by atoms with Crippen LogP contribution in [0.4, 0.5) is 0 Å². The van der Waals surface area contributed by atoms with Gasteiger partial charge in [-0.05, 0) is 86.6 Å². The summed E-state index contributed by atoms with van der Waals surface area (Å²) < 4.78 is 0. The number of aliphatic imine (C=N–C) groups is 1. The topological polar surface area (TPSA) is 86.2 Å². The Kier molecular flexibility index (Phi) is 7.42. The molecule has 34 heavy (non-hydrogen) atoms. The van der Waals surface area contributed by atoms with E-state index < -0.39 is 5.97 Å². The third kappa shape index (κ3) is 5.77. The number of hydroxylamine groups is 1. The van der Waals surface area contributed by atoms with Crippen LogP contribution in [0, 0.1) is 11.8 Å². The summed E-state index contributed by atoms with van der Waals surface area (Å²) in [5.41, 5.74) is 6.93. The maximum Gasteiger partial charge on any atom is 0.317 e. The monoisotopic (exact) mass is 464 g/mol. The first-order chi connectivity index (χ1) is 16.6. The Morgan fingerprint density at radius 2 is 2.00 bits per heavy atom. The fraction of sp³-hybridized carbons (Fsp3) is 0.556. The summed E-state index contributed by atoms with van der Waals surface area (Å²) in [5.74, 6) is 1.55. The standard InChI is InChI=1S/C27H36N4O3/c32-26(33)18-31-13-10-19(11-14-31)15-23-16-25(30-34-23)22-7-5-20(6-8-22)17-29-27-24-4-2-1-3-21(24)9-12-28-27/h2,4-8,17,19,21,23,25,28,30H,1,3,9-16,18H2,(H,32,33). The normalized spacial score (nSPS) is 28.3.